The fraction of sp³-hybridized carbons (Fsp3) is 0.310. The highest BCUT2D eigenvalue weighted by Gasteiger charge is 2.21. The van der Waals surface area contributed by atoms with Gasteiger partial charge in [0.2, 0.25) is 0 Å². The summed E-state index contributed by atoms with van der Waals surface area (Å²) in [5.41, 5.74) is 7.28. The Kier molecular flexibility index (Phi) is 8.13. The van der Waals surface area contributed by atoms with Crippen LogP contribution in [0, 0.1) is 13.8 Å². The highest BCUT2D eigenvalue weighted by molar-refractivity contribution is 7.98. The summed E-state index contributed by atoms with van der Waals surface area (Å²) in [6, 6.07) is 17.8. The van der Waals surface area contributed by atoms with Crippen molar-refractivity contribution >= 4 is 29.3 Å². The Morgan fingerprint density at radius 1 is 0.971 bits per heavy atom. The minimum atomic E-state index is -0.348. The highest BCUT2D eigenvalue weighted by atomic mass is 32.2. The molecule has 4 rings (SSSR count). The number of anilines is 1. The number of carbonyl (C=O) groups is 2. The number of thioether (sulfide) groups is 1. The Labute approximate surface area is 211 Å². The molecule has 0 spiro atoms. The van der Waals surface area contributed by atoms with Crippen LogP contribution in [0.15, 0.2) is 59.5 Å². The molecular weight excluding hydrogens is 458 g/mol. The first-order valence-corrected chi connectivity index (χ1v) is 13.0. The molecule has 6 heteroatoms. The van der Waals surface area contributed by atoms with Gasteiger partial charge >= 0.3 is 5.97 Å². The van der Waals surface area contributed by atoms with Crippen molar-refractivity contribution < 1.29 is 19.1 Å². The van der Waals surface area contributed by atoms with Crippen LogP contribution in [0.1, 0.15) is 51.5 Å². The molecule has 1 aliphatic rings. The van der Waals surface area contributed by atoms with Gasteiger partial charge in [-0.2, -0.15) is 0 Å². The number of ether oxygens (including phenoxy) is 2. The standard InChI is InChI=1S/C29H31NO4S/c1-4-33-28(31)17-34-26-15-16-27(25-10-6-9-24(25)26)35-18-21-7-5-8-23(20(21)3)29(32)30-22-13-11-19(2)12-14-22/h5,7-8,11-16H,4,6,9-10,17-18H2,1-3H3,(H,30,32). The average Bonchev–Trinajstić information content (AvgIpc) is 3.34. The minimum Gasteiger partial charge on any atom is -0.482 e. The maximum absolute atomic E-state index is 12.9. The van der Waals surface area contributed by atoms with Gasteiger partial charge in [-0.1, -0.05) is 29.8 Å². The van der Waals surface area contributed by atoms with E-state index >= 15 is 0 Å². The number of hydrogen-bond acceptors (Lipinski definition) is 5. The molecule has 35 heavy (non-hydrogen) atoms. The second-order valence-corrected chi connectivity index (χ2v) is 9.68. The Morgan fingerprint density at radius 3 is 2.51 bits per heavy atom. The summed E-state index contributed by atoms with van der Waals surface area (Å²) >= 11 is 1.78. The number of esters is 1. The summed E-state index contributed by atoms with van der Waals surface area (Å²) in [6.45, 7) is 6.11. The third kappa shape index (κ3) is 6.06. The zero-order chi connectivity index (χ0) is 24.8. The lowest BCUT2D eigenvalue weighted by Crippen LogP contribution is -2.15. The topological polar surface area (TPSA) is 64.6 Å². The first kappa shape index (κ1) is 24.9. The second-order valence-electron chi connectivity index (χ2n) is 8.66. The second kappa shape index (κ2) is 11.5. The van der Waals surface area contributed by atoms with Gasteiger partial charge in [-0.3, -0.25) is 4.79 Å². The summed E-state index contributed by atoms with van der Waals surface area (Å²) in [5.74, 6) is 1.11. The van der Waals surface area contributed by atoms with Crippen LogP contribution in [0.2, 0.25) is 0 Å². The van der Waals surface area contributed by atoms with E-state index in [0.717, 1.165) is 53.1 Å². The monoisotopic (exact) mass is 489 g/mol. The molecule has 0 radical (unpaired) electrons. The van der Waals surface area contributed by atoms with Crippen LogP contribution in [0.3, 0.4) is 0 Å². The molecule has 5 nitrogen and oxygen atoms in total. The van der Waals surface area contributed by atoms with Gasteiger partial charge in [0, 0.05) is 21.9 Å². The Balaban J connectivity index is 1.45. The van der Waals surface area contributed by atoms with Crippen LogP contribution in [-0.4, -0.2) is 25.1 Å². The van der Waals surface area contributed by atoms with Crippen LogP contribution in [0.4, 0.5) is 5.69 Å². The van der Waals surface area contributed by atoms with Crippen molar-refractivity contribution in [2.45, 2.75) is 50.7 Å². The fourth-order valence-corrected chi connectivity index (χ4v) is 5.51. The third-order valence-electron chi connectivity index (χ3n) is 6.23. The minimum absolute atomic E-state index is 0.0661. The third-order valence-corrected chi connectivity index (χ3v) is 7.38. The van der Waals surface area contributed by atoms with E-state index in [1.807, 2.05) is 56.3 Å². The van der Waals surface area contributed by atoms with E-state index in [0.29, 0.717) is 12.2 Å². The molecule has 1 amide bonds. The van der Waals surface area contributed by atoms with E-state index in [-0.39, 0.29) is 18.5 Å². The van der Waals surface area contributed by atoms with Crippen molar-refractivity contribution in [2.24, 2.45) is 0 Å². The van der Waals surface area contributed by atoms with Gasteiger partial charge in [0.15, 0.2) is 6.61 Å². The van der Waals surface area contributed by atoms with Crippen LogP contribution in [-0.2, 0) is 28.1 Å². The van der Waals surface area contributed by atoms with E-state index < -0.39 is 0 Å². The summed E-state index contributed by atoms with van der Waals surface area (Å²) in [5, 5.41) is 3.00. The molecule has 0 aromatic heterocycles. The zero-order valence-corrected chi connectivity index (χ0v) is 21.3. The number of carbonyl (C=O) groups excluding carboxylic acids is 2. The normalized spacial score (nSPS) is 12.2. The first-order valence-electron chi connectivity index (χ1n) is 12.0. The van der Waals surface area contributed by atoms with Crippen LogP contribution < -0.4 is 10.1 Å². The number of aryl methyl sites for hydroxylation is 1. The van der Waals surface area contributed by atoms with Crippen molar-refractivity contribution in [1.82, 2.24) is 0 Å². The highest BCUT2D eigenvalue weighted by Crippen LogP contribution is 2.39. The Hall–Kier alpha value is -3.25. The molecule has 0 fully saturated rings. The van der Waals surface area contributed by atoms with Crippen molar-refractivity contribution in [1.29, 1.82) is 0 Å². The molecule has 0 saturated heterocycles. The van der Waals surface area contributed by atoms with Crippen molar-refractivity contribution in [3.63, 3.8) is 0 Å². The molecule has 0 saturated carbocycles. The summed E-state index contributed by atoms with van der Waals surface area (Å²) in [4.78, 5) is 25.8. The predicted octanol–water partition coefficient (Wildman–Crippen LogP) is 6.28. The lowest BCUT2D eigenvalue weighted by molar-refractivity contribution is -0.145. The molecule has 0 bridgehead atoms. The zero-order valence-electron chi connectivity index (χ0n) is 20.5. The van der Waals surface area contributed by atoms with Gasteiger partial charge in [-0.15, -0.1) is 11.8 Å². The number of nitrogens with one attached hydrogen (secondary N) is 1. The Morgan fingerprint density at radius 2 is 1.74 bits per heavy atom. The molecule has 3 aromatic carbocycles. The van der Waals surface area contributed by atoms with Crippen molar-refractivity contribution in [3.05, 3.63) is 88.0 Å². The van der Waals surface area contributed by atoms with E-state index in [1.54, 1.807) is 18.7 Å². The summed E-state index contributed by atoms with van der Waals surface area (Å²) < 4.78 is 10.7. The number of hydrogen-bond donors (Lipinski definition) is 1. The molecule has 0 heterocycles. The van der Waals surface area contributed by atoms with E-state index in [2.05, 4.69) is 17.4 Å². The smallest absolute Gasteiger partial charge is 0.344 e. The van der Waals surface area contributed by atoms with Crippen molar-refractivity contribution in [3.8, 4) is 5.75 Å². The summed E-state index contributed by atoms with van der Waals surface area (Å²) in [6.07, 6.45) is 3.04. The van der Waals surface area contributed by atoms with Gasteiger partial charge in [0.1, 0.15) is 5.75 Å². The maximum Gasteiger partial charge on any atom is 0.344 e. The predicted molar refractivity (Wildman–Crippen MR) is 140 cm³/mol. The van der Waals surface area contributed by atoms with E-state index in [9.17, 15) is 9.59 Å². The number of fused-ring (bicyclic) bond motifs is 1. The quantitative estimate of drug-likeness (QED) is 0.283. The summed E-state index contributed by atoms with van der Waals surface area (Å²) in [7, 11) is 0. The molecule has 1 N–H and O–H groups in total. The SMILES string of the molecule is CCOC(=O)COc1ccc(SCc2cccc(C(=O)Nc3ccc(C)cc3)c2C)c2c1CCC2. The van der Waals surface area contributed by atoms with Crippen LogP contribution >= 0.6 is 11.8 Å². The molecule has 182 valence electrons. The van der Waals surface area contributed by atoms with E-state index in [1.165, 1.54) is 16.0 Å². The van der Waals surface area contributed by atoms with Crippen LogP contribution in [0.25, 0.3) is 0 Å². The Bertz CT molecular complexity index is 1220. The van der Waals surface area contributed by atoms with Crippen molar-refractivity contribution in [2.75, 3.05) is 18.5 Å². The molecule has 0 atom stereocenters. The maximum atomic E-state index is 12.9. The lowest BCUT2D eigenvalue weighted by atomic mass is 10.0. The van der Waals surface area contributed by atoms with Gasteiger partial charge in [-0.25, -0.2) is 4.79 Å². The van der Waals surface area contributed by atoms with Gasteiger partial charge in [0.25, 0.3) is 5.91 Å². The van der Waals surface area contributed by atoms with Crippen LogP contribution in [0.5, 0.6) is 5.75 Å². The number of benzene rings is 3. The van der Waals surface area contributed by atoms with Gasteiger partial charge < -0.3 is 14.8 Å². The first-order chi connectivity index (χ1) is 17.0. The fourth-order valence-electron chi connectivity index (χ4n) is 4.33. The number of rotatable bonds is 9. The molecule has 0 unspecified atom stereocenters. The average molecular weight is 490 g/mol. The van der Waals surface area contributed by atoms with E-state index in [4.69, 9.17) is 9.47 Å². The lowest BCUT2D eigenvalue weighted by Gasteiger charge is -2.15. The molecule has 0 aliphatic heterocycles. The largest absolute Gasteiger partial charge is 0.482 e. The van der Waals surface area contributed by atoms with Gasteiger partial charge in [-0.05, 0) is 92.6 Å². The molecule has 1 aliphatic carbocycles. The molecular formula is C29H31NO4S. The molecule has 3 aromatic rings. The van der Waals surface area contributed by atoms with Gasteiger partial charge in [0.05, 0.1) is 6.61 Å². The number of amides is 1.